The summed E-state index contributed by atoms with van der Waals surface area (Å²) in [5.41, 5.74) is 0. The molecule has 1 saturated carbocycles. The zero-order valence-electron chi connectivity index (χ0n) is 12.9. The Kier molecular flexibility index (Phi) is 10.7. The molecule has 1 unspecified atom stereocenters. The normalized spacial score (nSPS) is 17.0. The highest BCUT2D eigenvalue weighted by Gasteiger charge is 2.28. The Labute approximate surface area is 135 Å². The molecule has 114 valence electrons. The molecular formula is C14H31IN4. The lowest BCUT2D eigenvalue weighted by atomic mass is 10.2. The minimum atomic E-state index is 0. The van der Waals surface area contributed by atoms with E-state index >= 15 is 0 Å². The topological polar surface area (TPSA) is 39.7 Å². The fourth-order valence-corrected chi connectivity index (χ4v) is 2.03. The molecule has 1 aliphatic rings. The molecule has 2 N–H and O–H groups in total. The van der Waals surface area contributed by atoms with Gasteiger partial charge in [-0.1, -0.05) is 19.8 Å². The first-order valence-electron chi connectivity index (χ1n) is 7.35. The molecule has 0 amide bonds. The second-order valence-electron chi connectivity index (χ2n) is 5.33. The number of rotatable bonds is 8. The fraction of sp³-hybridized carbons (Fsp3) is 0.929. The van der Waals surface area contributed by atoms with Crippen LogP contribution in [0.25, 0.3) is 0 Å². The van der Waals surface area contributed by atoms with Crippen LogP contribution in [0.2, 0.25) is 0 Å². The van der Waals surface area contributed by atoms with Crippen LogP contribution < -0.4 is 10.6 Å². The van der Waals surface area contributed by atoms with Crippen LogP contribution in [0.3, 0.4) is 0 Å². The summed E-state index contributed by atoms with van der Waals surface area (Å²) < 4.78 is 0. The number of halogens is 1. The Bertz CT molecular complexity index is 254. The summed E-state index contributed by atoms with van der Waals surface area (Å²) in [6, 6.07) is 1.38. The number of unbranched alkanes of at least 4 members (excludes halogenated alkanes) is 2. The van der Waals surface area contributed by atoms with Crippen molar-refractivity contribution in [1.29, 1.82) is 0 Å². The molecule has 1 fully saturated rings. The average Bonchev–Trinajstić information content (AvgIpc) is 3.21. The molecule has 0 radical (unpaired) electrons. The predicted octanol–water partition coefficient (Wildman–Crippen LogP) is 2.44. The van der Waals surface area contributed by atoms with E-state index in [1.807, 2.05) is 7.05 Å². The van der Waals surface area contributed by atoms with Gasteiger partial charge in [-0.15, -0.1) is 24.0 Å². The summed E-state index contributed by atoms with van der Waals surface area (Å²) in [6.45, 7) is 6.47. The van der Waals surface area contributed by atoms with E-state index in [1.54, 1.807) is 0 Å². The van der Waals surface area contributed by atoms with Gasteiger partial charge in [0.2, 0.25) is 0 Å². The molecule has 1 rings (SSSR count). The smallest absolute Gasteiger partial charge is 0.191 e. The maximum atomic E-state index is 4.25. The highest BCUT2D eigenvalue weighted by atomic mass is 127. The van der Waals surface area contributed by atoms with Gasteiger partial charge in [-0.2, -0.15) is 0 Å². The first-order valence-corrected chi connectivity index (χ1v) is 7.35. The minimum Gasteiger partial charge on any atom is -0.356 e. The second-order valence-corrected chi connectivity index (χ2v) is 5.33. The van der Waals surface area contributed by atoms with Crippen molar-refractivity contribution < 1.29 is 0 Å². The molecule has 1 aliphatic carbocycles. The number of aliphatic imine (C=N–C) groups is 1. The molecule has 0 aliphatic heterocycles. The van der Waals surface area contributed by atoms with E-state index in [0.717, 1.165) is 25.1 Å². The van der Waals surface area contributed by atoms with Gasteiger partial charge in [0.25, 0.3) is 0 Å². The van der Waals surface area contributed by atoms with Gasteiger partial charge >= 0.3 is 0 Å². The molecule has 0 saturated heterocycles. The molecular weight excluding hydrogens is 351 g/mol. The molecule has 0 heterocycles. The Hall–Kier alpha value is -0.0400. The molecule has 0 bridgehead atoms. The third-order valence-electron chi connectivity index (χ3n) is 3.68. The van der Waals surface area contributed by atoms with Gasteiger partial charge in [0.1, 0.15) is 0 Å². The van der Waals surface area contributed by atoms with E-state index in [-0.39, 0.29) is 24.0 Å². The third kappa shape index (κ3) is 7.97. The van der Waals surface area contributed by atoms with Crippen molar-refractivity contribution in [2.75, 3.05) is 27.2 Å². The number of nitrogens with zero attached hydrogens (tertiary/aromatic N) is 2. The SMILES string of the molecule is CCCCCNC(=NC)NCC(C)N(C)C1CC1.I. The monoisotopic (exact) mass is 382 g/mol. The highest BCUT2D eigenvalue weighted by Crippen LogP contribution is 2.26. The van der Waals surface area contributed by atoms with Gasteiger partial charge in [0.05, 0.1) is 0 Å². The lowest BCUT2D eigenvalue weighted by Crippen LogP contribution is -2.45. The number of guanidine groups is 1. The molecule has 1 atom stereocenters. The summed E-state index contributed by atoms with van der Waals surface area (Å²) in [5.74, 6) is 0.933. The van der Waals surface area contributed by atoms with Crippen molar-refractivity contribution in [3.8, 4) is 0 Å². The predicted molar refractivity (Wildman–Crippen MR) is 94.6 cm³/mol. The first kappa shape index (κ1) is 19.0. The van der Waals surface area contributed by atoms with Crippen molar-refractivity contribution in [2.24, 2.45) is 4.99 Å². The fourth-order valence-electron chi connectivity index (χ4n) is 2.03. The Morgan fingerprint density at radius 3 is 2.53 bits per heavy atom. The van der Waals surface area contributed by atoms with Crippen molar-refractivity contribution in [1.82, 2.24) is 15.5 Å². The molecule has 4 nitrogen and oxygen atoms in total. The molecule has 5 heteroatoms. The van der Waals surface area contributed by atoms with Crippen LogP contribution in [0.4, 0.5) is 0 Å². The second kappa shape index (κ2) is 10.7. The molecule has 19 heavy (non-hydrogen) atoms. The van der Waals surface area contributed by atoms with Gasteiger partial charge in [0, 0.05) is 32.2 Å². The summed E-state index contributed by atoms with van der Waals surface area (Å²) in [4.78, 5) is 6.72. The van der Waals surface area contributed by atoms with Gasteiger partial charge in [0.15, 0.2) is 5.96 Å². The lowest BCUT2D eigenvalue weighted by molar-refractivity contribution is 0.247. The maximum Gasteiger partial charge on any atom is 0.191 e. The quantitative estimate of drug-likeness (QED) is 0.293. The van der Waals surface area contributed by atoms with Crippen LogP contribution in [0.15, 0.2) is 4.99 Å². The third-order valence-corrected chi connectivity index (χ3v) is 3.68. The Balaban J connectivity index is 0.00000324. The van der Waals surface area contributed by atoms with Crippen LogP contribution in [0.1, 0.15) is 46.0 Å². The lowest BCUT2D eigenvalue weighted by Gasteiger charge is -2.25. The summed E-state index contributed by atoms with van der Waals surface area (Å²) in [6.07, 6.45) is 6.49. The maximum absolute atomic E-state index is 4.25. The minimum absolute atomic E-state index is 0. The van der Waals surface area contributed by atoms with Gasteiger partial charge in [-0.3, -0.25) is 9.89 Å². The van der Waals surface area contributed by atoms with Crippen molar-refractivity contribution >= 4 is 29.9 Å². The standard InChI is InChI=1S/C14H30N4.HI/c1-5-6-7-10-16-14(15-3)17-11-12(2)18(4)13-8-9-13;/h12-13H,5-11H2,1-4H3,(H2,15,16,17);1H. The molecule has 0 aromatic rings. The van der Waals surface area contributed by atoms with Crippen LogP contribution in [0, 0.1) is 0 Å². The first-order chi connectivity index (χ1) is 8.69. The molecule has 0 spiro atoms. The van der Waals surface area contributed by atoms with Gasteiger partial charge in [-0.05, 0) is 33.2 Å². The van der Waals surface area contributed by atoms with Gasteiger partial charge in [-0.25, -0.2) is 0 Å². The number of nitrogens with one attached hydrogen (secondary N) is 2. The molecule has 0 aromatic heterocycles. The van der Waals surface area contributed by atoms with Crippen molar-refractivity contribution in [3.63, 3.8) is 0 Å². The molecule has 0 aromatic carbocycles. The van der Waals surface area contributed by atoms with Crippen LogP contribution >= 0.6 is 24.0 Å². The summed E-state index contributed by atoms with van der Waals surface area (Å²) >= 11 is 0. The zero-order chi connectivity index (χ0) is 13.4. The van der Waals surface area contributed by atoms with E-state index in [1.165, 1.54) is 32.1 Å². The summed E-state index contributed by atoms with van der Waals surface area (Å²) in [5, 5.41) is 6.77. The summed E-state index contributed by atoms with van der Waals surface area (Å²) in [7, 11) is 4.06. The van der Waals surface area contributed by atoms with E-state index in [2.05, 4.69) is 41.4 Å². The van der Waals surface area contributed by atoms with Crippen molar-refractivity contribution in [2.45, 2.75) is 58.0 Å². The van der Waals surface area contributed by atoms with E-state index in [4.69, 9.17) is 0 Å². The largest absolute Gasteiger partial charge is 0.356 e. The van der Waals surface area contributed by atoms with Gasteiger partial charge < -0.3 is 10.6 Å². The van der Waals surface area contributed by atoms with E-state index in [0.29, 0.717) is 6.04 Å². The average molecular weight is 382 g/mol. The van der Waals surface area contributed by atoms with Crippen LogP contribution in [0.5, 0.6) is 0 Å². The van der Waals surface area contributed by atoms with E-state index in [9.17, 15) is 0 Å². The highest BCUT2D eigenvalue weighted by molar-refractivity contribution is 14.0. The van der Waals surface area contributed by atoms with Crippen molar-refractivity contribution in [3.05, 3.63) is 0 Å². The Morgan fingerprint density at radius 1 is 1.32 bits per heavy atom. The van der Waals surface area contributed by atoms with Crippen LogP contribution in [-0.4, -0.2) is 50.1 Å². The number of likely N-dealkylation sites (N-methyl/N-ethyl adjacent to an activating group) is 1. The number of hydrogen-bond donors (Lipinski definition) is 2. The van der Waals surface area contributed by atoms with E-state index < -0.39 is 0 Å². The Morgan fingerprint density at radius 2 is 2.00 bits per heavy atom. The number of hydrogen-bond acceptors (Lipinski definition) is 2. The zero-order valence-corrected chi connectivity index (χ0v) is 15.2. The van der Waals surface area contributed by atoms with Crippen LogP contribution in [-0.2, 0) is 0 Å².